The van der Waals surface area contributed by atoms with Gasteiger partial charge in [0.25, 0.3) is 0 Å². The molecule has 3 fully saturated rings. The van der Waals surface area contributed by atoms with Crippen LogP contribution in [0, 0.1) is 23.7 Å². The first kappa shape index (κ1) is 16.3. The number of amides is 2. The summed E-state index contributed by atoms with van der Waals surface area (Å²) in [6, 6.07) is 6.40. The van der Waals surface area contributed by atoms with Crippen LogP contribution in [0.1, 0.15) is 16.8 Å². The van der Waals surface area contributed by atoms with Crippen LogP contribution in [0.2, 0.25) is 0 Å². The first-order chi connectivity index (χ1) is 11.5. The van der Waals surface area contributed by atoms with Gasteiger partial charge >= 0.3 is 5.97 Å². The van der Waals surface area contributed by atoms with E-state index in [1.807, 2.05) is 0 Å². The molecule has 0 aromatic heterocycles. The van der Waals surface area contributed by atoms with Gasteiger partial charge in [0.15, 0.2) is 0 Å². The summed E-state index contributed by atoms with van der Waals surface area (Å²) in [5.41, 5.74) is 0.908. The SMILES string of the molecule is COC(=O)c1ccc(N2C(=O)[C@@H]3[C@@H]4C[C@@H]([C@H](Br)[C@@H]4Br)[C@@H]3C2=O)cc1. The number of nitrogens with zero attached hydrogens (tertiary/aromatic N) is 1. The number of esters is 1. The summed E-state index contributed by atoms with van der Waals surface area (Å²) in [6.45, 7) is 0. The Morgan fingerprint density at radius 2 is 1.54 bits per heavy atom. The molecular weight excluding hydrogens is 442 g/mol. The maximum atomic E-state index is 12.9. The van der Waals surface area contributed by atoms with Gasteiger partial charge in [0.2, 0.25) is 11.8 Å². The van der Waals surface area contributed by atoms with E-state index >= 15 is 0 Å². The third kappa shape index (κ3) is 2.07. The van der Waals surface area contributed by atoms with Crippen molar-refractivity contribution in [1.82, 2.24) is 0 Å². The highest BCUT2D eigenvalue weighted by Crippen LogP contribution is 2.60. The van der Waals surface area contributed by atoms with Crippen LogP contribution in [0.15, 0.2) is 24.3 Å². The van der Waals surface area contributed by atoms with E-state index < -0.39 is 5.97 Å². The van der Waals surface area contributed by atoms with Crippen molar-refractivity contribution in [3.63, 3.8) is 0 Å². The summed E-state index contributed by atoms with van der Waals surface area (Å²) in [7, 11) is 1.31. The average molecular weight is 457 g/mol. The number of hydrogen-bond acceptors (Lipinski definition) is 4. The van der Waals surface area contributed by atoms with Gasteiger partial charge in [-0.3, -0.25) is 14.5 Å². The minimum atomic E-state index is -0.445. The summed E-state index contributed by atoms with van der Waals surface area (Å²) in [6.07, 6.45) is 0.910. The van der Waals surface area contributed by atoms with Gasteiger partial charge in [0, 0.05) is 9.65 Å². The fourth-order valence-electron chi connectivity index (χ4n) is 4.47. The van der Waals surface area contributed by atoms with Crippen molar-refractivity contribution in [2.45, 2.75) is 16.1 Å². The predicted octanol–water partition coefficient (Wildman–Crippen LogP) is 2.76. The van der Waals surface area contributed by atoms with Gasteiger partial charge in [-0.2, -0.15) is 0 Å². The van der Waals surface area contributed by atoms with E-state index in [1.54, 1.807) is 24.3 Å². The van der Waals surface area contributed by atoms with Crippen molar-refractivity contribution in [2.75, 3.05) is 12.0 Å². The lowest BCUT2D eigenvalue weighted by Crippen LogP contribution is -2.37. The van der Waals surface area contributed by atoms with Crippen LogP contribution < -0.4 is 4.90 Å². The Labute approximate surface area is 156 Å². The number of carbonyl (C=O) groups excluding carboxylic acids is 3. The Bertz CT molecular complexity index is 703. The second kappa shape index (κ2) is 5.66. The number of anilines is 1. The van der Waals surface area contributed by atoms with Crippen molar-refractivity contribution in [1.29, 1.82) is 0 Å². The molecular formula is C17H15Br2NO4. The standard InChI is InChI=1S/C17H15Br2NO4/c1-24-17(23)7-2-4-8(5-3-7)20-15(21)11-9-6-10(12(11)16(20)22)14(19)13(9)18/h2-5,9-14H,6H2,1H3/t9-,10+,11+,12-,13+,14-. The lowest BCUT2D eigenvalue weighted by Gasteiger charge is -2.28. The average Bonchev–Trinajstić information content (AvgIpc) is 3.19. The van der Waals surface area contributed by atoms with Crippen LogP contribution in [0.25, 0.3) is 0 Å². The summed E-state index contributed by atoms with van der Waals surface area (Å²) in [4.78, 5) is 39.0. The lowest BCUT2D eigenvalue weighted by molar-refractivity contribution is -0.123. The van der Waals surface area contributed by atoms with Crippen molar-refractivity contribution >= 4 is 55.3 Å². The Kier molecular flexibility index (Phi) is 3.84. The topological polar surface area (TPSA) is 63.7 Å². The molecule has 4 rings (SSSR count). The number of alkyl halides is 2. The number of benzene rings is 1. The minimum Gasteiger partial charge on any atom is -0.465 e. The highest BCUT2D eigenvalue weighted by atomic mass is 79.9. The molecule has 1 aromatic rings. The second-order valence-corrected chi connectivity index (χ2v) is 8.67. The van der Waals surface area contributed by atoms with Gasteiger partial charge in [0.05, 0.1) is 30.2 Å². The van der Waals surface area contributed by atoms with Gasteiger partial charge in [-0.25, -0.2) is 4.79 Å². The first-order valence-electron chi connectivity index (χ1n) is 7.80. The molecule has 2 aliphatic carbocycles. The molecule has 2 saturated carbocycles. The molecule has 0 N–H and O–H groups in total. The van der Waals surface area contributed by atoms with Crippen molar-refractivity contribution in [3.05, 3.63) is 29.8 Å². The Hall–Kier alpha value is -1.21. The highest BCUT2D eigenvalue weighted by molar-refractivity contribution is 9.12. The van der Waals surface area contributed by atoms with Gasteiger partial charge in [0.1, 0.15) is 0 Å². The Morgan fingerprint density at radius 1 is 1.04 bits per heavy atom. The van der Waals surface area contributed by atoms with E-state index in [4.69, 9.17) is 0 Å². The van der Waals surface area contributed by atoms with E-state index in [2.05, 4.69) is 36.6 Å². The van der Waals surface area contributed by atoms with Crippen LogP contribution in [0.4, 0.5) is 5.69 Å². The molecule has 0 spiro atoms. The quantitative estimate of drug-likeness (QED) is 0.390. The molecule has 0 radical (unpaired) electrons. The van der Waals surface area contributed by atoms with Crippen LogP contribution in [-0.4, -0.2) is 34.5 Å². The predicted molar refractivity (Wildman–Crippen MR) is 94.3 cm³/mol. The van der Waals surface area contributed by atoms with Crippen LogP contribution in [0.3, 0.4) is 0 Å². The smallest absolute Gasteiger partial charge is 0.337 e. The van der Waals surface area contributed by atoms with Gasteiger partial charge in [-0.1, -0.05) is 31.9 Å². The summed E-state index contributed by atoms with van der Waals surface area (Å²) < 4.78 is 4.67. The molecule has 2 amide bonds. The molecule has 1 aromatic carbocycles. The first-order valence-corrected chi connectivity index (χ1v) is 9.63. The largest absolute Gasteiger partial charge is 0.465 e. The molecule has 6 atom stereocenters. The zero-order valence-corrected chi connectivity index (χ0v) is 16.0. The molecule has 2 bridgehead atoms. The normalized spacial score (nSPS) is 37.0. The van der Waals surface area contributed by atoms with Crippen molar-refractivity contribution in [3.8, 4) is 0 Å². The Balaban J connectivity index is 1.65. The molecule has 1 aliphatic heterocycles. The third-order valence-electron chi connectivity index (χ3n) is 5.53. The van der Waals surface area contributed by atoms with E-state index in [-0.39, 0.29) is 45.1 Å². The van der Waals surface area contributed by atoms with Gasteiger partial charge < -0.3 is 4.74 Å². The van der Waals surface area contributed by atoms with Crippen LogP contribution >= 0.6 is 31.9 Å². The fourth-order valence-corrected chi connectivity index (χ4v) is 6.34. The van der Waals surface area contributed by atoms with Gasteiger partial charge in [-0.15, -0.1) is 0 Å². The van der Waals surface area contributed by atoms with E-state index in [0.717, 1.165) is 6.42 Å². The second-order valence-electron chi connectivity index (χ2n) is 6.55. The van der Waals surface area contributed by atoms with Crippen molar-refractivity contribution < 1.29 is 19.1 Å². The molecule has 24 heavy (non-hydrogen) atoms. The van der Waals surface area contributed by atoms with E-state index in [9.17, 15) is 14.4 Å². The third-order valence-corrected chi connectivity index (χ3v) is 8.74. The molecule has 0 unspecified atom stereocenters. The fraction of sp³-hybridized carbons (Fsp3) is 0.471. The maximum Gasteiger partial charge on any atom is 0.337 e. The van der Waals surface area contributed by atoms with Gasteiger partial charge in [-0.05, 0) is 42.5 Å². The molecule has 3 aliphatic rings. The minimum absolute atomic E-state index is 0.118. The summed E-state index contributed by atoms with van der Waals surface area (Å²) in [5, 5.41) is 0. The summed E-state index contributed by atoms with van der Waals surface area (Å²) in [5.74, 6) is -0.763. The Morgan fingerprint density at radius 3 is 2.00 bits per heavy atom. The van der Waals surface area contributed by atoms with Crippen LogP contribution in [-0.2, 0) is 14.3 Å². The monoisotopic (exact) mass is 455 g/mol. The number of halogens is 2. The molecule has 1 saturated heterocycles. The number of carbonyl (C=O) groups is 3. The molecule has 1 heterocycles. The number of methoxy groups -OCH3 is 1. The number of hydrogen-bond donors (Lipinski definition) is 0. The zero-order valence-electron chi connectivity index (χ0n) is 12.8. The molecule has 7 heteroatoms. The molecule has 126 valence electrons. The number of imide groups is 1. The lowest BCUT2D eigenvalue weighted by atomic mass is 9.81. The number of ether oxygens (including phenoxy) is 1. The zero-order chi connectivity index (χ0) is 17.2. The van der Waals surface area contributed by atoms with E-state index in [1.165, 1.54) is 12.0 Å². The highest BCUT2D eigenvalue weighted by Gasteiger charge is 2.66. The van der Waals surface area contributed by atoms with E-state index in [0.29, 0.717) is 11.3 Å². The summed E-state index contributed by atoms with van der Waals surface area (Å²) >= 11 is 7.35. The molecule has 5 nitrogen and oxygen atoms in total. The van der Waals surface area contributed by atoms with Crippen LogP contribution in [0.5, 0.6) is 0 Å². The number of rotatable bonds is 2. The number of fused-ring (bicyclic) bond motifs is 5. The maximum absolute atomic E-state index is 12.9. The van der Waals surface area contributed by atoms with Crippen molar-refractivity contribution in [2.24, 2.45) is 23.7 Å².